The average molecular weight is 164 g/mol. The van der Waals surface area contributed by atoms with Gasteiger partial charge in [0.05, 0.1) is 0 Å². The van der Waals surface area contributed by atoms with Gasteiger partial charge in [0.25, 0.3) is 0 Å². The Balaban J connectivity index is 2.11. The first kappa shape index (κ1) is 7.12. The van der Waals surface area contributed by atoms with Gasteiger partial charge < -0.3 is 5.11 Å². The Labute approximate surface area is 69.4 Å². The number of nitrogens with one attached hydrogen (secondary N) is 1. The van der Waals surface area contributed by atoms with E-state index in [1.165, 1.54) is 0 Å². The number of rotatable bonds is 1. The van der Waals surface area contributed by atoms with E-state index in [-0.39, 0.29) is 6.17 Å². The Bertz CT molecular complexity index is 299. The molecular formula is C8H8N2O2. The van der Waals surface area contributed by atoms with Gasteiger partial charge in [-0.05, 0) is 5.56 Å². The van der Waals surface area contributed by atoms with E-state index < -0.39 is 6.09 Å². The SMILES string of the molecule is O=C(O)N1NC1c1ccccc1. The van der Waals surface area contributed by atoms with Gasteiger partial charge in [-0.3, -0.25) is 0 Å². The summed E-state index contributed by atoms with van der Waals surface area (Å²) in [5.74, 6) is 0. The fraction of sp³-hybridized carbons (Fsp3) is 0.125. The number of nitrogens with zero attached hydrogens (tertiary/aromatic N) is 1. The Morgan fingerprint density at radius 3 is 2.58 bits per heavy atom. The van der Waals surface area contributed by atoms with Crippen LogP contribution in [0.15, 0.2) is 30.3 Å². The largest absolute Gasteiger partial charge is 0.464 e. The molecule has 1 atom stereocenters. The lowest BCUT2D eigenvalue weighted by Crippen LogP contribution is -2.08. The topological polar surface area (TPSA) is 62.2 Å². The van der Waals surface area contributed by atoms with Crippen molar-refractivity contribution < 1.29 is 9.90 Å². The fourth-order valence-corrected chi connectivity index (χ4v) is 1.12. The van der Waals surface area contributed by atoms with Crippen molar-refractivity contribution in [2.45, 2.75) is 6.17 Å². The molecule has 4 nitrogen and oxygen atoms in total. The first-order valence-electron chi connectivity index (χ1n) is 3.62. The molecule has 0 aromatic heterocycles. The number of amides is 1. The summed E-state index contributed by atoms with van der Waals surface area (Å²) < 4.78 is 0. The summed E-state index contributed by atoms with van der Waals surface area (Å²) in [5, 5.41) is 9.71. The van der Waals surface area contributed by atoms with Crippen LogP contribution in [-0.4, -0.2) is 16.2 Å². The first-order chi connectivity index (χ1) is 5.79. The molecule has 0 spiro atoms. The smallest absolute Gasteiger partial charge is 0.423 e. The highest BCUT2D eigenvalue weighted by Gasteiger charge is 2.39. The summed E-state index contributed by atoms with van der Waals surface area (Å²) in [6.07, 6.45) is -1.09. The van der Waals surface area contributed by atoms with E-state index in [9.17, 15) is 4.79 Å². The second-order valence-electron chi connectivity index (χ2n) is 2.59. The molecule has 1 aromatic rings. The molecule has 0 radical (unpaired) electrons. The van der Waals surface area contributed by atoms with Crippen molar-refractivity contribution in [2.24, 2.45) is 0 Å². The molecule has 1 saturated heterocycles. The van der Waals surface area contributed by atoms with E-state index in [4.69, 9.17) is 5.11 Å². The molecule has 12 heavy (non-hydrogen) atoms. The summed E-state index contributed by atoms with van der Waals surface area (Å²) in [4.78, 5) is 10.4. The Morgan fingerprint density at radius 2 is 2.08 bits per heavy atom. The number of benzene rings is 1. The normalized spacial score (nSPS) is 20.7. The molecule has 2 N–H and O–H groups in total. The van der Waals surface area contributed by atoms with E-state index in [0.29, 0.717) is 0 Å². The number of carboxylic acid groups (broad SMARTS) is 1. The van der Waals surface area contributed by atoms with Crippen LogP contribution in [0.2, 0.25) is 0 Å². The number of hydrogen-bond donors (Lipinski definition) is 2. The van der Waals surface area contributed by atoms with Crippen LogP contribution in [0.25, 0.3) is 0 Å². The monoisotopic (exact) mass is 164 g/mol. The number of hydrogen-bond acceptors (Lipinski definition) is 2. The molecule has 0 saturated carbocycles. The molecule has 1 heterocycles. The molecule has 1 fully saturated rings. The van der Waals surface area contributed by atoms with E-state index >= 15 is 0 Å². The molecule has 1 amide bonds. The molecule has 62 valence electrons. The molecule has 4 heteroatoms. The lowest BCUT2D eigenvalue weighted by Gasteiger charge is -1.94. The van der Waals surface area contributed by atoms with Crippen LogP contribution in [0.3, 0.4) is 0 Å². The van der Waals surface area contributed by atoms with Crippen LogP contribution >= 0.6 is 0 Å². The van der Waals surface area contributed by atoms with Crippen molar-refractivity contribution in [3.8, 4) is 0 Å². The van der Waals surface area contributed by atoms with Gasteiger partial charge in [0, 0.05) is 0 Å². The van der Waals surface area contributed by atoms with Crippen molar-refractivity contribution >= 4 is 6.09 Å². The quantitative estimate of drug-likeness (QED) is 0.612. The van der Waals surface area contributed by atoms with Gasteiger partial charge in [0.15, 0.2) is 0 Å². The van der Waals surface area contributed by atoms with Crippen LogP contribution in [0, 0.1) is 0 Å². The predicted octanol–water partition coefficient (Wildman–Crippen LogP) is 1.18. The molecule has 1 aliphatic rings. The molecular weight excluding hydrogens is 156 g/mol. The summed E-state index contributed by atoms with van der Waals surface area (Å²) >= 11 is 0. The maximum Gasteiger partial charge on any atom is 0.423 e. The highest BCUT2D eigenvalue weighted by Crippen LogP contribution is 2.27. The Kier molecular flexibility index (Phi) is 1.48. The van der Waals surface area contributed by atoms with Crippen molar-refractivity contribution in [3.05, 3.63) is 35.9 Å². The third-order valence-corrected chi connectivity index (χ3v) is 1.77. The molecule has 1 aliphatic heterocycles. The summed E-state index contributed by atoms with van der Waals surface area (Å²) in [6, 6.07) is 9.45. The third-order valence-electron chi connectivity index (χ3n) is 1.77. The van der Waals surface area contributed by atoms with E-state index in [1.54, 1.807) is 0 Å². The molecule has 0 bridgehead atoms. The van der Waals surface area contributed by atoms with Gasteiger partial charge in [0.2, 0.25) is 0 Å². The van der Waals surface area contributed by atoms with Gasteiger partial charge in [-0.25, -0.2) is 9.80 Å². The molecule has 1 aromatic carbocycles. The number of carbonyl (C=O) groups is 1. The van der Waals surface area contributed by atoms with Crippen LogP contribution < -0.4 is 5.43 Å². The van der Waals surface area contributed by atoms with Gasteiger partial charge in [-0.1, -0.05) is 30.3 Å². The first-order valence-corrected chi connectivity index (χ1v) is 3.62. The summed E-state index contributed by atoms with van der Waals surface area (Å²) in [6.45, 7) is 0. The Hall–Kier alpha value is -1.55. The van der Waals surface area contributed by atoms with Gasteiger partial charge in [0.1, 0.15) is 6.17 Å². The lowest BCUT2D eigenvalue weighted by atomic mass is 10.2. The minimum Gasteiger partial charge on any atom is -0.464 e. The minimum absolute atomic E-state index is 0.149. The van der Waals surface area contributed by atoms with Crippen molar-refractivity contribution in [2.75, 3.05) is 0 Å². The average Bonchev–Trinajstić information content (AvgIpc) is 2.84. The molecule has 2 rings (SSSR count). The predicted molar refractivity (Wildman–Crippen MR) is 42.2 cm³/mol. The molecule has 1 unspecified atom stereocenters. The van der Waals surface area contributed by atoms with Crippen LogP contribution in [0.1, 0.15) is 11.7 Å². The van der Waals surface area contributed by atoms with Crippen LogP contribution in [0.5, 0.6) is 0 Å². The second kappa shape index (κ2) is 2.49. The summed E-state index contributed by atoms with van der Waals surface area (Å²) in [5.41, 5.74) is 3.69. The zero-order chi connectivity index (χ0) is 8.55. The molecule has 0 aliphatic carbocycles. The van der Waals surface area contributed by atoms with Crippen molar-refractivity contribution in [1.82, 2.24) is 10.4 Å². The standard InChI is InChI=1S/C8H8N2O2/c11-8(12)10-7(9-10)6-4-2-1-3-5-6/h1-5,7,9H,(H,11,12). The van der Waals surface area contributed by atoms with Crippen LogP contribution in [0.4, 0.5) is 4.79 Å². The van der Waals surface area contributed by atoms with Crippen molar-refractivity contribution in [1.29, 1.82) is 0 Å². The lowest BCUT2D eigenvalue weighted by molar-refractivity contribution is 0.173. The zero-order valence-corrected chi connectivity index (χ0v) is 6.27. The Morgan fingerprint density at radius 1 is 1.42 bits per heavy atom. The third kappa shape index (κ3) is 1.12. The second-order valence-corrected chi connectivity index (χ2v) is 2.59. The van der Waals surface area contributed by atoms with Crippen molar-refractivity contribution in [3.63, 3.8) is 0 Å². The minimum atomic E-state index is -0.941. The van der Waals surface area contributed by atoms with Gasteiger partial charge in [-0.2, -0.15) is 5.43 Å². The maximum absolute atomic E-state index is 10.4. The highest BCUT2D eigenvalue weighted by atomic mass is 16.4. The number of hydrazine groups is 1. The maximum atomic E-state index is 10.4. The van der Waals surface area contributed by atoms with Crippen LogP contribution in [-0.2, 0) is 0 Å². The van der Waals surface area contributed by atoms with E-state index in [2.05, 4.69) is 5.43 Å². The fourth-order valence-electron chi connectivity index (χ4n) is 1.12. The zero-order valence-electron chi connectivity index (χ0n) is 6.27. The van der Waals surface area contributed by atoms with E-state index in [0.717, 1.165) is 10.6 Å². The highest BCUT2D eigenvalue weighted by molar-refractivity contribution is 5.67. The van der Waals surface area contributed by atoms with Gasteiger partial charge in [-0.15, -0.1) is 0 Å². The summed E-state index contributed by atoms with van der Waals surface area (Å²) in [7, 11) is 0. The van der Waals surface area contributed by atoms with Gasteiger partial charge >= 0.3 is 6.09 Å². The van der Waals surface area contributed by atoms with E-state index in [1.807, 2.05) is 30.3 Å².